The summed E-state index contributed by atoms with van der Waals surface area (Å²) in [6, 6.07) is 7.01. The molecule has 6 nitrogen and oxygen atoms in total. The van der Waals surface area contributed by atoms with E-state index in [4.69, 9.17) is 4.74 Å². The maximum Gasteiger partial charge on any atom is 0.145 e. The number of nitrogens with one attached hydrogen (secondary N) is 1. The van der Waals surface area contributed by atoms with Crippen LogP contribution in [-0.2, 0) is 13.1 Å². The molecule has 0 amide bonds. The van der Waals surface area contributed by atoms with E-state index in [-0.39, 0.29) is 11.9 Å². The zero-order chi connectivity index (χ0) is 21.8. The maximum atomic E-state index is 13.7. The first kappa shape index (κ1) is 21.7. The van der Waals surface area contributed by atoms with Gasteiger partial charge in [0.15, 0.2) is 0 Å². The minimum absolute atomic E-state index is 0.0119. The fourth-order valence-corrected chi connectivity index (χ4v) is 4.39. The molecule has 1 N–H and O–H groups in total. The van der Waals surface area contributed by atoms with E-state index in [0.717, 1.165) is 69.3 Å². The van der Waals surface area contributed by atoms with Crippen LogP contribution >= 0.6 is 0 Å². The Labute approximate surface area is 184 Å². The first-order valence-electron chi connectivity index (χ1n) is 11.4. The van der Waals surface area contributed by atoms with Crippen LogP contribution in [0.3, 0.4) is 0 Å². The molecule has 0 aliphatic carbocycles. The summed E-state index contributed by atoms with van der Waals surface area (Å²) in [6.45, 7) is 14.5. The second-order valence-corrected chi connectivity index (χ2v) is 8.87. The summed E-state index contributed by atoms with van der Waals surface area (Å²) in [5.74, 6) is 0.361. The Balaban J connectivity index is 1.31. The summed E-state index contributed by atoms with van der Waals surface area (Å²) in [5.41, 5.74) is 4.44. The number of anilines is 1. The number of H-pyrrole nitrogens is 1. The van der Waals surface area contributed by atoms with Gasteiger partial charge in [0.05, 0.1) is 29.7 Å². The smallest absolute Gasteiger partial charge is 0.145 e. The first-order chi connectivity index (χ1) is 15.0. The third kappa shape index (κ3) is 5.58. The lowest BCUT2D eigenvalue weighted by molar-refractivity contribution is 0.234. The summed E-state index contributed by atoms with van der Waals surface area (Å²) in [6.07, 6.45) is 3.60. The van der Waals surface area contributed by atoms with E-state index in [1.165, 1.54) is 30.7 Å². The van der Waals surface area contributed by atoms with Gasteiger partial charge in [-0.3, -0.25) is 10.00 Å². The van der Waals surface area contributed by atoms with Crippen molar-refractivity contribution in [1.82, 2.24) is 20.0 Å². The maximum absolute atomic E-state index is 13.7. The predicted molar refractivity (Wildman–Crippen MR) is 122 cm³/mol. The number of piperazine rings is 1. The van der Waals surface area contributed by atoms with Gasteiger partial charge in [-0.1, -0.05) is 6.58 Å². The molecule has 0 atom stereocenters. The van der Waals surface area contributed by atoms with Crippen LogP contribution in [0.5, 0.6) is 5.75 Å². The zero-order valence-electron chi connectivity index (χ0n) is 18.7. The molecule has 4 rings (SSSR count). The average molecular weight is 428 g/mol. The molecule has 2 aliphatic rings. The summed E-state index contributed by atoms with van der Waals surface area (Å²) < 4.78 is 19.6. The van der Waals surface area contributed by atoms with Gasteiger partial charge in [0.25, 0.3) is 0 Å². The number of hydrogen-bond acceptors (Lipinski definition) is 5. The molecule has 2 aliphatic heterocycles. The Morgan fingerprint density at radius 2 is 1.90 bits per heavy atom. The van der Waals surface area contributed by atoms with Crippen molar-refractivity contribution >= 4 is 5.69 Å². The highest BCUT2D eigenvalue weighted by molar-refractivity contribution is 5.59. The molecule has 0 bridgehead atoms. The third-order valence-corrected chi connectivity index (χ3v) is 6.02. The van der Waals surface area contributed by atoms with Gasteiger partial charge in [-0.15, -0.1) is 0 Å². The molecule has 1 aromatic carbocycles. The number of piperidine rings is 1. The lowest BCUT2D eigenvalue weighted by Crippen LogP contribution is -2.46. The van der Waals surface area contributed by atoms with Crippen molar-refractivity contribution in [2.75, 3.05) is 37.6 Å². The quantitative estimate of drug-likeness (QED) is 0.719. The number of allylic oxidation sites excluding steroid dienone is 1. The van der Waals surface area contributed by atoms with Crippen LogP contribution in [0.25, 0.3) is 0 Å². The number of aromatic amines is 1. The van der Waals surface area contributed by atoms with E-state index in [1.54, 1.807) is 0 Å². The van der Waals surface area contributed by atoms with Gasteiger partial charge in [-0.25, -0.2) is 4.39 Å². The van der Waals surface area contributed by atoms with E-state index in [1.807, 2.05) is 19.9 Å². The number of nitrogens with zero attached hydrogens (tertiary/aromatic N) is 4. The van der Waals surface area contributed by atoms with Crippen molar-refractivity contribution < 1.29 is 9.13 Å². The first-order valence-corrected chi connectivity index (χ1v) is 11.4. The highest BCUT2D eigenvalue weighted by Gasteiger charge is 2.22. The average Bonchev–Trinajstić information content (AvgIpc) is 3.17. The summed E-state index contributed by atoms with van der Waals surface area (Å²) in [7, 11) is 0. The molecule has 31 heavy (non-hydrogen) atoms. The van der Waals surface area contributed by atoms with Gasteiger partial charge in [0.2, 0.25) is 0 Å². The van der Waals surface area contributed by atoms with Crippen LogP contribution in [0.2, 0.25) is 0 Å². The monoisotopic (exact) mass is 427 g/mol. The molecule has 7 heteroatoms. The van der Waals surface area contributed by atoms with Crippen LogP contribution in [0.15, 0.2) is 36.5 Å². The van der Waals surface area contributed by atoms with Crippen LogP contribution in [0.4, 0.5) is 10.1 Å². The molecular formula is C24H34FN5O. The van der Waals surface area contributed by atoms with Crippen molar-refractivity contribution in [3.05, 3.63) is 53.7 Å². The normalized spacial score (nSPS) is 18.1. The second kappa shape index (κ2) is 9.73. The second-order valence-electron chi connectivity index (χ2n) is 8.87. The molecule has 0 radical (unpaired) electrons. The van der Waals surface area contributed by atoms with Crippen molar-refractivity contribution in [2.24, 2.45) is 0 Å². The highest BCUT2D eigenvalue weighted by atomic mass is 19.1. The molecule has 2 saturated heterocycles. The molecular weight excluding hydrogens is 393 g/mol. The lowest BCUT2D eigenvalue weighted by Gasteiger charge is -2.36. The Morgan fingerprint density at radius 3 is 2.65 bits per heavy atom. The number of aromatic nitrogens is 2. The largest absolute Gasteiger partial charge is 0.489 e. The Kier molecular flexibility index (Phi) is 6.80. The van der Waals surface area contributed by atoms with Gasteiger partial charge in [0, 0.05) is 51.0 Å². The Morgan fingerprint density at radius 1 is 1.10 bits per heavy atom. The zero-order valence-corrected chi connectivity index (χ0v) is 18.7. The van der Waals surface area contributed by atoms with Crippen molar-refractivity contribution in [3.63, 3.8) is 0 Å². The topological polar surface area (TPSA) is 47.6 Å². The SMILES string of the molecule is C=C1CCCCN1Cc1cc(CN2CCN(c3ccc(F)cc3OC(C)C)CC2)n[nH]1. The number of likely N-dealkylation sites (tertiary alicyclic amines) is 1. The number of halogens is 1. The fourth-order valence-electron chi connectivity index (χ4n) is 4.39. The van der Waals surface area contributed by atoms with E-state index in [0.29, 0.717) is 5.75 Å². The van der Waals surface area contributed by atoms with Crippen molar-refractivity contribution in [2.45, 2.75) is 52.3 Å². The van der Waals surface area contributed by atoms with E-state index in [2.05, 4.69) is 37.5 Å². The number of rotatable bonds is 7. The van der Waals surface area contributed by atoms with Gasteiger partial charge >= 0.3 is 0 Å². The van der Waals surface area contributed by atoms with E-state index >= 15 is 0 Å². The predicted octanol–water partition coefficient (Wildman–Crippen LogP) is 4.16. The summed E-state index contributed by atoms with van der Waals surface area (Å²) in [4.78, 5) is 7.06. The summed E-state index contributed by atoms with van der Waals surface area (Å²) >= 11 is 0. The molecule has 2 aromatic rings. The van der Waals surface area contributed by atoms with Gasteiger partial charge in [-0.2, -0.15) is 5.10 Å². The number of ether oxygens (including phenoxy) is 1. The standard InChI is InChI=1S/C24H34FN5O/c1-18(2)31-24-14-20(25)7-8-23(24)29-12-10-28(11-13-29)16-21-15-22(27-26-21)17-30-9-5-4-6-19(30)3/h7-8,14-15,18H,3-6,9-13,16-17H2,1-2H3,(H,26,27). The molecule has 2 fully saturated rings. The minimum Gasteiger partial charge on any atom is -0.489 e. The molecule has 168 valence electrons. The number of benzene rings is 1. The third-order valence-electron chi connectivity index (χ3n) is 6.02. The molecule has 0 saturated carbocycles. The lowest BCUT2D eigenvalue weighted by atomic mass is 10.1. The van der Waals surface area contributed by atoms with Gasteiger partial charge in [-0.05, 0) is 51.3 Å². The van der Waals surface area contributed by atoms with Crippen LogP contribution in [0, 0.1) is 5.82 Å². The molecule has 0 unspecified atom stereocenters. The van der Waals surface area contributed by atoms with Gasteiger partial charge < -0.3 is 14.5 Å². The van der Waals surface area contributed by atoms with Crippen LogP contribution in [-0.4, -0.2) is 58.8 Å². The van der Waals surface area contributed by atoms with Gasteiger partial charge in [0.1, 0.15) is 11.6 Å². The molecule has 0 spiro atoms. The van der Waals surface area contributed by atoms with Crippen LogP contribution in [0.1, 0.15) is 44.5 Å². The van der Waals surface area contributed by atoms with E-state index < -0.39 is 0 Å². The Hall–Kier alpha value is -2.54. The molecule has 3 heterocycles. The Bertz CT molecular complexity index is 888. The minimum atomic E-state index is -0.263. The van der Waals surface area contributed by atoms with Crippen LogP contribution < -0.4 is 9.64 Å². The summed E-state index contributed by atoms with van der Waals surface area (Å²) in [5, 5.41) is 7.74. The van der Waals surface area contributed by atoms with Crippen molar-refractivity contribution in [1.29, 1.82) is 0 Å². The molecule has 1 aromatic heterocycles. The van der Waals surface area contributed by atoms with Crippen molar-refractivity contribution in [3.8, 4) is 5.75 Å². The fraction of sp³-hybridized carbons (Fsp3) is 0.542. The highest BCUT2D eigenvalue weighted by Crippen LogP contribution is 2.31. The van der Waals surface area contributed by atoms with E-state index in [9.17, 15) is 4.39 Å². The number of hydrogen-bond donors (Lipinski definition) is 1.